The van der Waals surface area contributed by atoms with Crippen molar-refractivity contribution < 1.29 is 4.43 Å². The maximum Gasteiger partial charge on any atom is 0.341 e. The van der Waals surface area contributed by atoms with E-state index in [1.807, 2.05) is 18.2 Å². The van der Waals surface area contributed by atoms with Gasteiger partial charge in [0.2, 0.25) is 0 Å². The Hall–Kier alpha value is -1.54. The van der Waals surface area contributed by atoms with E-state index >= 15 is 0 Å². The maximum absolute atomic E-state index is 5.20. The molecule has 2 aromatic carbocycles. The van der Waals surface area contributed by atoms with Crippen molar-refractivity contribution in [3.63, 3.8) is 0 Å². The van der Waals surface area contributed by atoms with Crippen LogP contribution in [0.2, 0.25) is 0 Å². The Kier molecular flexibility index (Phi) is 3.11. The van der Waals surface area contributed by atoms with Gasteiger partial charge >= 0.3 is 10.5 Å². The largest absolute Gasteiger partial charge is 0.540 e. The zero-order valence-corrected chi connectivity index (χ0v) is 10.4. The lowest BCUT2D eigenvalue weighted by atomic mass is 9.96. The number of rotatable bonds is 2. The molecule has 0 bridgehead atoms. The molecular formula is C14H13OSi. The topological polar surface area (TPSA) is 9.23 Å². The molecule has 0 heterocycles. The molecule has 0 fully saturated rings. The lowest BCUT2D eigenvalue weighted by Gasteiger charge is -2.12. The van der Waals surface area contributed by atoms with Crippen molar-refractivity contribution in [1.29, 1.82) is 0 Å². The fourth-order valence-electron chi connectivity index (χ4n) is 1.82. The summed E-state index contributed by atoms with van der Waals surface area (Å²) in [6.45, 7) is 4.26. The molecule has 16 heavy (non-hydrogen) atoms. The van der Waals surface area contributed by atoms with Crippen molar-refractivity contribution in [1.82, 2.24) is 0 Å². The van der Waals surface area contributed by atoms with Crippen LogP contribution in [0.15, 0.2) is 42.5 Å². The van der Waals surface area contributed by atoms with Crippen LogP contribution in [0, 0.1) is 13.8 Å². The van der Waals surface area contributed by atoms with Crippen LogP contribution in [0.4, 0.5) is 0 Å². The van der Waals surface area contributed by atoms with Crippen molar-refractivity contribution in [2.75, 3.05) is 0 Å². The van der Waals surface area contributed by atoms with Gasteiger partial charge in [-0.1, -0.05) is 36.4 Å². The average molecular weight is 225 g/mol. The highest BCUT2D eigenvalue weighted by Crippen LogP contribution is 2.32. The second kappa shape index (κ2) is 4.54. The van der Waals surface area contributed by atoms with Gasteiger partial charge in [0.05, 0.1) is 0 Å². The molecule has 0 aromatic heterocycles. The van der Waals surface area contributed by atoms with Gasteiger partial charge in [-0.15, -0.1) is 0 Å². The van der Waals surface area contributed by atoms with Crippen LogP contribution in [0.1, 0.15) is 11.1 Å². The minimum atomic E-state index is 0.841. The predicted octanol–water partition coefficient (Wildman–Crippen LogP) is 3.43. The molecule has 2 aromatic rings. The van der Waals surface area contributed by atoms with Crippen LogP contribution in [0.5, 0.6) is 5.75 Å². The molecule has 3 radical (unpaired) electrons. The number of para-hydroxylation sites is 1. The average Bonchev–Trinajstić information content (AvgIpc) is 2.33. The van der Waals surface area contributed by atoms with Gasteiger partial charge in [0, 0.05) is 5.56 Å². The zero-order chi connectivity index (χ0) is 11.5. The minimum absolute atomic E-state index is 0.841. The van der Waals surface area contributed by atoms with Crippen LogP contribution in [-0.2, 0) is 0 Å². The summed E-state index contributed by atoms with van der Waals surface area (Å²) >= 11 is 0. The van der Waals surface area contributed by atoms with Crippen LogP contribution in [-0.4, -0.2) is 10.5 Å². The quantitative estimate of drug-likeness (QED) is 0.711. The first-order valence-electron chi connectivity index (χ1n) is 5.23. The summed E-state index contributed by atoms with van der Waals surface area (Å²) in [5, 5.41) is 0. The first-order chi connectivity index (χ1) is 7.74. The Labute approximate surface area is 99.6 Å². The van der Waals surface area contributed by atoms with E-state index in [1.54, 1.807) is 0 Å². The first-order valence-corrected chi connectivity index (χ1v) is 5.64. The third-order valence-electron chi connectivity index (χ3n) is 2.89. The summed E-state index contributed by atoms with van der Waals surface area (Å²) in [5.74, 6) is 0.841. The van der Waals surface area contributed by atoms with Crippen molar-refractivity contribution in [2.24, 2.45) is 0 Å². The SMILES string of the molecule is Cc1cccc(-c2ccccc2O[Si])c1C. The maximum atomic E-state index is 5.20. The molecule has 0 unspecified atom stereocenters. The van der Waals surface area contributed by atoms with Crippen molar-refractivity contribution in [3.05, 3.63) is 53.6 Å². The molecule has 79 valence electrons. The van der Waals surface area contributed by atoms with Crippen LogP contribution in [0.25, 0.3) is 11.1 Å². The molecule has 0 spiro atoms. The highest BCUT2D eigenvalue weighted by molar-refractivity contribution is 6.00. The third kappa shape index (κ3) is 1.88. The van der Waals surface area contributed by atoms with Gasteiger partial charge in [0.25, 0.3) is 0 Å². The number of hydrogen-bond acceptors (Lipinski definition) is 1. The minimum Gasteiger partial charge on any atom is -0.540 e. The normalized spacial score (nSPS) is 10.2. The second-order valence-electron chi connectivity index (χ2n) is 3.85. The Bertz CT molecular complexity index is 506. The summed E-state index contributed by atoms with van der Waals surface area (Å²) < 4.78 is 5.20. The molecule has 0 aliphatic heterocycles. The predicted molar refractivity (Wildman–Crippen MR) is 67.7 cm³/mol. The Morgan fingerprint density at radius 3 is 2.31 bits per heavy atom. The Morgan fingerprint density at radius 2 is 1.56 bits per heavy atom. The molecule has 0 atom stereocenters. The standard InChI is InChI=1S/C14H13OSi/c1-10-6-5-8-12(11(10)2)13-7-3-4-9-14(13)15-16/h3-9H,1-2H3. The summed E-state index contributed by atoms with van der Waals surface area (Å²) in [7, 11) is 3.10. The van der Waals surface area contributed by atoms with Crippen LogP contribution >= 0.6 is 0 Å². The van der Waals surface area contributed by atoms with E-state index in [1.165, 1.54) is 16.7 Å². The fourth-order valence-corrected chi connectivity index (χ4v) is 2.00. The highest BCUT2D eigenvalue weighted by atomic mass is 28.2. The Morgan fingerprint density at radius 1 is 0.875 bits per heavy atom. The summed E-state index contributed by atoms with van der Waals surface area (Å²) in [6, 6.07) is 14.3. The van der Waals surface area contributed by atoms with Gasteiger partial charge in [0.15, 0.2) is 0 Å². The smallest absolute Gasteiger partial charge is 0.341 e. The summed E-state index contributed by atoms with van der Waals surface area (Å²) in [4.78, 5) is 0. The monoisotopic (exact) mass is 225 g/mol. The van der Waals surface area contributed by atoms with Crippen LogP contribution < -0.4 is 4.43 Å². The van der Waals surface area contributed by atoms with Gasteiger partial charge in [-0.25, -0.2) is 0 Å². The van der Waals surface area contributed by atoms with Crippen molar-refractivity contribution in [3.8, 4) is 16.9 Å². The molecule has 1 nitrogen and oxygen atoms in total. The molecule has 0 aliphatic rings. The van der Waals surface area contributed by atoms with E-state index in [9.17, 15) is 0 Å². The molecule has 0 amide bonds. The van der Waals surface area contributed by atoms with Gasteiger partial charge in [-0.2, -0.15) is 0 Å². The van der Waals surface area contributed by atoms with E-state index in [-0.39, 0.29) is 0 Å². The molecular weight excluding hydrogens is 212 g/mol. The fraction of sp³-hybridized carbons (Fsp3) is 0.143. The number of benzene rings is 2. The van der Waals surface area contributed by atoms with Crippen LogP contribution in [0.3, 0.4) is 0 Å². The molecule has 0 saturated carbocycles. The summed E-state index contributed by atoms with van der Waals surface area (Å²) in [6.07, 6.45) is 0. The molecule has 2 rings (SSSR count). The van der Waals surface area contributed by atoms with Crippen molar-refractivity contribution in [2.45, 2.75) is 13.8 Å². The zero-order valence-electron chi connectivity index (χ0n) is 9.45. The van der Waals surface area contributed by atoms with E-state index < -0.39 is 0 Å². The summed E-state index contributed by atoms with van der Waals surface area (Å²) in [5.41, 5.74) is 4.91. The molecule has 0 saturated heterocycles. The third-order valence-corrected chi connectivity index (χ3v) is 3.11. The number of hydrogen-bond donors (Lipinski definition) is 0. The molecule has 0 N–H and O–H groups in total. The lowest BCUT2D eigenvalue weighted by Crippen LogP contribution is -1.92. The Balaban J connectivity index is 2.63. The second-order valence-corrected chi connectivity index (χ2v) is 4.05. The van der Waals surface area contributed by atoms with Gasteiger partial charge in [-0.05, 0) is 36.6 Å². The first kappa shape index (κ1) is 11.0. The van der Waals surface area contributed by atoms with Gasteiger partial charge in [0.1, 0.15) is 5.75 Å². The number of aryl methyl sites for hydroxylation is 1. The van der Waals surface area contributed by atoms with Crippen molar-refractivity contribution >= 4 is 10.5 Å². The van der Waals surface area contributed by atoms with E-state index in [0.29, 0.717) is 0 Å². The van der Waals surface area contributed by atoms with Gasteiger partial charge in [-0.3, -0.25) is 0 Å². The van der Waals surface area contributed by atoms with E-state index in [2.05, 4.69) is 48.6 Å². The van der Waals surface area contributed by atoms with E-state index in [0.717, 1.165) is 11.3 Å². The highest BCUT2D eigenvalue weighted by Gasteiger charge is 2.07. The lowest BCUT2D eigenvalue weighted by molar-refractivity contribution is 0.618. The molecule has 0 aliphatic carbocycles. The van der Waals surface area contributed by atoms with E-state index in [4.69, 9.17) is 4.43 Å². The van der Waals surface area contributed by atoms with Gasteiger partial charge < -0.3 is 4.43 Å². The molecule has 2 heteroatoms.